The molecule has 0 radical (unpaired) electrons. The average molecular weight is 388 g/mol. The third-order valence-corrected chi connectivity index (χ3v) is 8.28. The number of nitrogens with one attached hydrogen (secondary N) is 1. The molecule has 2 heterocycles. The van der Waals surface area contributed by atoms with Crippen LogP contribution in [0.5, 0.6) is 0 Å². The highest BCUT2D eigenvalue weighted by atomic mass is 32.2. The lowest BCUT2D eigenvalue weighted by molar-refractivity contribution is 0.279. The molecule has 0 saturated carbocycles. The molecule has 2 aromatic rings. The lowest BCUT2D eigenvalue weighted by Gasteiger charge is -2.37. The Morgan fingerprint density at radius 1 is 1.15 bits per heavy atom. The third kappa shape index (κ3) is 2.66. The Kier molecular flexibility index (Phi) is 4.45. The second kappa shape index (κ2) is 6.55. The highest BCUT2D eigenvalue weighted by Crippen LogP contribution is 2.52. The first-order valence-electron chi connectivity index (χ1n) is 9.25. The Bertz CT molecular complexity index is 969. The maximum atomic E-state index is 14.2. The van der Waals surface area contributed by atoms with Crippen LogP contribution in [0.25, 0.3) is 0 Å². The number of hydrogen-bond acceptors (Lipinski definition) is 3. The summed E-state index contributed by atoms with van der Waals surface area (Å²) in [7, 11) is -3.74. The largest absolute Gasteiger partial charge is 0.332 e. The van der Waals surface area contributed by atoms with Crippen molar-refractivity contribution >= 4 is 15.7 Å². The van der Waals surface area contributed by atoms with E-state index in [1.807, 2.05) is 0 Å². The second-order valence-corrected chi connectivity index (χ2v) is 9.62. The molecule has 1 saturated heterocycles. The van der Waals surface area contributed by atoms with Gasteiger partial charge in [0.2, 0.25) is 0 Å². The maximum Gasteiger partial charge on any atom is 0.332 e. The maximum absolute atomic E-state index is 14.2. The monoisotopic (exact) mass is 387 g/mol. The van der Waals surface area contributed by atoms with E-state index in [-0.39, 0.29) is 26.6 Å². The molecule has 0 aliphatic carbocycles. The van der Waals surface area contributed by atoms with E-state index >= 15 is 0 Å². The standard InChI is InChI=1S/C21H24FN2O2S/c1-2-14-24(27(25,26)18-6-4-3-5-7-18)16-21(10-12-23-13-11-21)19-15-17(22)8-9-20(19)24/h2-9,15,23H,1,10-14,16H2/q+1. The summed E-state index contributed by atoms with van der Waals surface area (Å²) >= 11 is 0. The van der Waals surface area contributed by atoms with Crippen molar-refractivity contribution in [3.63, 3.8) is 0 Å². The van der Waals surface area contributed by atoms with Crippen molar-refractivity contribution in [1.29, 1.82) is 0 Å². The molecule has 1 atom stereocenters. The summed E-state index contributed by atoms with van der Waals surface area (Å²) in [5.41, 5.74) is 1.18. The van der Waals surface area contributed by atoms with Crippen molar-refractivity contribution in [1.82, 2.24) is 9.21 Å². The van der Waals surface area contributed by atoms with Crippen molar-refractivity contribution in [2.24, 2.45) is 0 Å². The minimum atomic E-state index is -3.74. The Balaban J connectivity index is 1.98. The first kappa shape index (κ1) is 18.3. The second-order valence-electron chi connectivity index (χ2n) is 7.50. The Morgan fingerprint density at radius 2 is 1.85 bits per heavy atom. The quantitative estimate of drug-likeness (QED) is 0.647. The van der Waals surface area contributed by atoms with Crippen LogP contribution in [-0.2, 0) is 15.4 Å². The number of nitrogens with zero attached hydrogens (tertiary/aromatic N) is 1. The van der Waals surface area contributed by atoms with Gasteiger partial charge < -0.3 is 5.32 Å². The summed E-state index contributed by atoms with van der Waals surface area (Å²) in [6.45, 7) is 6.10. The molecule has 1 unspecified atom stereocenters. The molecule has 0 amide bonds. The fraction of sp³-hybridized carbons (Fsp3) is 0.333. The lowest BCUT2D eigenvalue weighted by atomic mass is 9.75. The molecule has 0 bridgehead atoms. The summed E-state index contributed by atoms with van der Waals surface area (Å²) in [4.78, 5) is 0.285. The minimum absolute atomic E-state index is 0.226. The molecule has 6 heteroatoms. The van der Waals surface area contributed by atoms with E-state index in [9.17, 15) is 12.8 Å². The number of hydrogen-bond donors (Lipinski definition) is 1. The molecular formula is C21H24FN2O2S+. The van der Waals surface area contributed by atoms with Gasteiger partial charge in [0, 0.05) is 11.6 Å². The van der Waals surface area contributed by atoms with Gasteiger partial charge in [-0.3, -0.25) is 0 Å². The van der Waals surface area contributed by atoms with Crippen LogP contribution in [0.1, 0.15) is 18.4 Å². The molecule has 0 aromatic heterocycles. The van der Waals surface area contributed by atoms with Gasteiger partial charge in [0.1, 0.15) is 23.8 Å². The van der Waals surface area contributed by atoms with Crippen LogP contribution in [0.2, 0.25) is 0 Å². The summed E-state index contributed by atoms with van der Waals surface area (Å²) < 4.78 is 41.6. The molecule has 1 fully saturated rings. The van der Waals surface area contributed by atoms with Crippen molar-refractivity contribution in [3.05, 3.63) is 72.6 Å². The predicted octanol–water partition coefficient (Wildman–Crippen LogP) is 3.34. The van der Waals surface area contributed by atoms with Gasteiger partial charge in [0.15, 0.2) is 5.69 Å². The van der Waals surface area contributed by atoms with Gasteiger partial charge in [-0.05, 0) is 56.3 Å². The summed E-state index contributed by atoms with van der Waals surface area (Å²) in [5, 5.41) is 3.34. The van der Waals surface area contributed by atoms with Gasteiger partial charge in [0.25, 0.3) is 0 Å². The smallest absolute Gasteiger partial charge is 0.317 e. The SMILES string of the molecule is C=CC[N+]1(S(=O)(=O)c2ccccc2)CC2(CCNCC2)c2cc(F)ccc21. The van der Waals surface area contributed by atoms with E-state index in [1.54, 1.807) is 48.5 Å². The number of quaternary nitrogens is 1. The normalized spacial score (nSPS) is 23.9. The fourth-order valence-corrected chi connectivity index (χ4v) is 6.80. The molecule has 27 heavy (non-hydrogen) atoms. The van der Waals surface area contributed by atoms with E-state index in [0.717, 1.165) is 31.5 Å². The Hall–Kier alpha value is -2.02. The van der Waals surface area contributed by atoms with E-state index in [0.29, 0.717) is 12.2 Å². The number of halogens is 1. The van der Waals surface area contributed by atoms with Gasteiger partial charge in [-0.2, -0.15) is 12.3 Å². The van der Waals surface area contributed by atoms with E-state index in [1.165, 1.54) is 6.07 Å². The van der Waals surface area contributed by atoms with Crippen molar-refractivity contribution in [3.8, 4) is 0 Å². The molecule has 1 N–H and O–H groups in total. The third-order valence-electron chi connectivity index (χ3n) is 6.01. The summed E-state index contributed by atoms with van der Waals surface area (Å²) in [6, 6.07) is 13.1. The Morgan fingerprint density at radius 3 is 2.52 bits per heavy atom. The predicted molar refractivity (Wildman–Crippen MR) is 106 cm³/mol. The lowest BCUT2D eigenvalue weighted by Crippen LogP contribution is -2.56. The van der Waals surface area contributed by atoms with Crippen LogP contribution >= 0.6 is 0 Å². The average Bonchev–Trinajstić information content (AvgIpc) is 2.94. The molecule has 2 aliphatic heterocycles. The number of benzene rings is 2. The molecule has 1 spiro atoms. The van der Waals surface area contributed by atoms with E-state index in [4.69, 9.17) is 0 Å². The molecule has 2 aromatic carbocycles. The van der Waals surface area contributed by atoms with Crippen LogP contribution in [0.3, 0.4) is 0 Å². The minimum Gasteiger partial charge on any atom is -0.317 e. The topological polar surface area (TPSA) is 46.2 Å². The molecule has 142 valence electrons. The van der Waals surface area contributed by atoms with Gasteiger partial charge in [-0.1, -0.05) is 24.8 Å². The van der Waals surface area contributed by atoms with Gasteiger partial charge in [0.05, 0.1) is 5.41 Å². The number of fused-ring (bicyclic) bond motifs is 2. The van der Waals surface area contributed by atoms with Crippen molar-refractivity contribution in [2.75, 3.05) is 26.2 Å². The summed E-state index contributed by atoms with van der Waals surface area (Å²) in [5.74, 6) is -0.317. The zero-order chi connectivity index (χ0) is 19.1. The van der Waals surface area contributed by atoms with Crippen LogP contribution in [0.4, 0.5) is 10.1 Å². The highest BCUT2D eigenvalue weighted by molar-refractivity contribution is 7.91. The van der Waals surface area contributed by atoms with E-state index in [2.05, 4.69) is 11.9 Å². The first-order chi connectivity index (χ1) is 13.0. The summed E-state index contributed by atoms with van der Waals surface area (Å²) in [6.07, 6.45) is 3.25. The van der Waals surface area contributed by atoms with Crippen LogP contribution in [0.15, 0.2) is 66.1 Å². The van der Waals surface area contributed by atoms with Gasteiger partial charge in [-0.25, -0.2) is 4.39 Å². The molecule has 2 aliphatic rings. The van der Waals surface area contributed by atoms with E-state index < -0.39 is 10.0 Å². The van der Waals surface area contributed by atoms with Gasteiger partial charge >= 0.3 is 10.0 Å². The highest BCUT2D eigenvalue weighted by Gasteiger charge is 2.59. The van der Waals surface area contributed by atoms with Crippen molar-refractivity contribution < 1.29 is 12.8 Å². The van der Waals surface area contributed by atoms with Crippen LogP contribution < -0.4 is 9.21 Å². The first-order valence-corrected chi connectivity index (χ1v) is 10.7. The molecule has 4 nitrogen and oxygen atoms in total. The van der Waals surface area contributed by atoms with Crippen LogP contribution in [-0.4, -0.2) is 34.6 Å². The number of rotatable bonds is 4. The zero-order valence-electron chi connectivity index (χ0n) is 15.2. The zero-order valence-corrected chi connectivity index (χ0v) is 16.0. The number of piperidine rings is 1. The number of sulfonamides is 1. The molecule has 4 rings (SSSR count). The Labute approximate surface area is 160 Å². The fourth-order valence-electron chi connectivity index (χ4n) is 4.76. The van der Waals surface area contributed by atoms with Crippen molar-refractivity contribution in [2.45, 2.75) is 23.2 Å². The molecular weight excluding hydrogens is 363 g/mol. The van der Waals surface area contributed by atoms with Gasteiger partial charge in [-0.15, -0.1) is 0 Å². The van der Waals surface area contributed by atoms with Crippen LogP contribution in [0, 0.1) is 5.82 Å².